The van der Waals surface area contributed by atoms with E-state index < -0.39 is 15.0 Å². The van der Waals surface area contributed by atoms with Crippen LogP contribution in [-0.2, 0) is 13.8 Å². The summed E-state index contributed by atoms with van der Waals surface area (Å²) in [5.41, 5.74) is 0.387. The molecule has 0 bridgehead atoms. The molecule has 7 heteroatoms. The smallest absolute Gasteiger partial charge is 0.338 e. The predicted octanol–water partition coefficient (Wildman–Crippen LogP) is 3.92. The van der Waals surface area contributed by atoms with Gasteiger partial charge in [0.15, 0.2) is 0 Å². The lowest BCUT2D eigenvalue weighted by atomic mass is 9.83. The van der Waals surface area contributed by atoms with Gasteiger partial charge in [0.25, 0.3) is 9.05 Å². The number of rotatable bonds is 5. The summed E-state index contributed by atoms with van der Waals surface area (Å²) in [5, 5.41) is 0.130. The molecular formula is C14H16Cl2O4S. The van der Waals surface area contributed by atoms with E-state index in [2.05, 4.69) is 0 Å². The summed E-state index contributed by atoms with van der Waals surface area (Å²) in [5.74, 6) is 0.0629. The van der Waals surface area contributed by atoms with Gasteiger partial charge >= 0.3 is 5.97 Å². The van der Waals surface area contributed by atoms with E-state index in [1.165, 1.54) is 38.3 Å². The van der Waals surface area contributed by atoms with Gasteiger partial charge in [-0.25, -0.2) is 13.2 Å². The van der Waals surface area contributed by atoms with Crippen molar-refractivity contribution in [3.05, 3.63) is 28.3 Å². The van der Waals surface area contributed by atoms with Gasteiger partial charge < -0.3 is 4.74 Å². The van der Waals surface area contributed by atoms with Crippen molar-refractivity contribution in [1.82, 2.24) is 0 Å². The van der Waals surface area contributed by atoms with Crippen LogP contribution in [-0.4, -0.2) is 21.0 Å². The minimum atomic E-state index is -3.96. The van der Waals surface area contributed by atoms with Crippen molar-refractivity contribution in [2.75, 3.05) is 6.61 Å². The van der Waals surface area contributed by atoms with Crippen molar-refractivity contribution in [2.24, 2.45) is 5.92 Å². The van der Waals surface area contributed by atoms with Crippen molar-refractivity contribution in [3.8, 4) is 0 Å². The Morgan fingerprint density at radius 2 is 2.05 bits per heavy atom. The molecule has 0 spiro atoms. The Bertz CT molecular complexity index is 651. The standard InChI is InChI=1S/C14H16Cl2O4S/c1-9-12(7-11(15)8-13(9)21(16,18)19)14(17)20-6-5-10-3-2-4-10/h7-8,10H,2-6H2,1H3. The molecule has 116 valence electrons. The highest BCUT2D eigenvalue weighted by atomic mass is 35.7. The van der Waals surface area contributed by atoms with E-state index in [1.54, 1.807) is 0 Å². The molecule has 0 heterocycles. The lowest BCUT2D eigenvalue weighted by Gasteiger charge is -2.24. The maximum Gasteiger partial charge on any atom is 0.338 e. The van der Waals surface area contributed by atoms with Crippen molar-refractivity contribution >= 4 is 37.3 Å². The monoisotopic (exact) mass is 350 g/mol. The minimum absolute atomic E-state index is 0.130. The van der Waals surface area contributed by atoms with Crippen LogP contribution < -0.4 is 0 Å². The highest BCUT2D eigenvalue weighted by Gasteiger charge is 2.22. The first-order valence-electron chi connectivity index (χ1n) is 6.71. The number of halogens is 2. The molecule has 1 fully saturated rings. The second kappa shape index (κ2) is 6.55. The van der Waals surface area contributed by atoms with Gasteiger partial charge in [0.1, 0.15) is 0 Å². The van der Waals surface area contributed by atoms with Crippen molar-refractivity contribution in [3.63, 3.8) is 0 Å². The average Bonchev–Trinajstić information content (AvgIpc) is 2.33. The fourth-order valence-electron chi connectivity index (χ4n) is 2.30. The SMILES string of the molecule is Cc1c(C(=O)OCCC2CCC2)cc(Cl)cc1S(=O)(=O)Cl. The number of carbonyl (C=O) groups is 1. The molecule has 0 aromatic heterocycles. The maximum atomic E-state index is 12.1. The molecule has 1 aromatic rings. The Hall–Kier alpha value is -0.780. The van der Waals surface area contributed by atoms with Gasteiger partial charge in [0, 0.05) is 15.7 Å². The molecule has 1 aromatic carbocycles. The van der Waals surface area contributed by atoms with Crippen LogP contribution in [0.5, 0.6) is 0 Å². The number of hydrogen-bond acceptors (Lipinski definition) is 4. The Kier molecular flexibility index (Phi) is 5.17. The van der Waals surface area contributed by atoms with Crippen LogP contribution in [0.15, 0.2) is 17.0 Å². The molecule has 4 nitrogen and oxygen atoms in total. The van der Waals surface area contributed by atoms with Crippen molar-refractivity contribution < 1.29 is 17.9 Å². The lowest BCUT2D eigenvalue weighted by Crippen LogP contribution is -2.16. The quantitative estimate of drug-likeness (QED) is 0.596. The van der Waals surface area contributed by atoms with Gasteiger partial charge in [0.05, 0.1) is 17.1 Å². The van der Waals surface area contributed by atoms with Gasteiger partial charge in [-0.3, -0.25) is 0 Å². The van der Waals surface area contributed by atoms with Crippen molar-refractivity contribution in [2.45, 2.75) is 37.5 Å². The van der Waals surface area contributed by atoms with Crippen LogP contribution in [0.2, 0.25) is 5.02 Å². The van der Waals surface area contributed by atoms with E-state index >= 15 is 0 Å². The third-order valence-electron chi connectivity index (χ3n) is 3.79. The molecule has 0 saturated heterocycles. The predicted molar refractivity (Wildman–Crippen MR) is 81.5 cm³/mol. The van der Waals surface area contributed by atoms with Crippen LogP contribution >= 0.6 is 22.3 Å². The van der Waals surface area contributed by atoms with Crippen LogP contribution in [0.25, 0.3) is 0 Å². The Labute approximate surface area is 133 Å². The second-order valence-corrected chi connectivity index (χ2v) is 8.21. The van der Waals surface area contributed by atoms with Crippen LogP contribution in [0.3, 0.4) is 0 Å². The van der Waals surface area contributed by atoms with E-state index in [4.69, 9.17) is 27.0 Å². The summed E-state index contributed by atoms with van der Waals surface area (Å²) < 4.78 is 28.2. The maximum absolute atomic E-state index is 12.1. The third kappa shape index (κ3) is 4.11. The molecule has 0 unspecified atom stereocenters. The first-order valence-corrected chi connectivity index (χ1v) is 9.39. The molecule has 0 amide bonds. The molecule has 0 radical (unpaired) electrons. The highest BCUT2D eigenvalue weighted by molar-refractivity contribution is 8.13. The van der Waals surface area contributed by atoms with Gasteiger partial charge in [-0.15, -0.1) is 0 Å². The lowest BCUT2D eigenvalue weighted by molar-refractivity contribution is 0.0463. The Morgan fingerprint density at radius 3 is 2.57 bits per heavy atom. The van der Waals surface area contributed by atoms with Gasteiger partial charge in [-0.2, -0.15) is 0 Å². The largest absolute Gasteiger partial charge is 0.462 e. The summed E-state index contributed by atoms with van der Waals surface area (Å²) >= 11 is 5.86. The summed E-state index contributed by atoms with van der Waals surface area (Å²) in [6.45, 7) is 1.84. The molecule has 1 aliphatic carbocycles. The highest BCUT2D eigenvalue weighted by Crippen LogP contribution is 2.30. The Morgan fingerprint density at radius 1 is 1.38 bits per heavy atom. The van der Waals surface area contributed by atoms with Gasteiger partial charge in [-0.05, 0) is 37.0 Å². The zero-order valence-electron chi connectivity index (χ0n) is 11.6. The van der Waals surface area contributed by atoms with E-state index in [9.17, 15) is 13.2 Å². The summed E-state index contributed by atoms with van der Waals surface area (Å²) in [7, 11) is 1.39. The Balaban J connectivity index is 2.14. The van der Waals surface area contributed by atoms with Crippen molar-refractivity contribution in [1.29, 1.82) is 0 Å². The van der Waals surface area contributed by atoms with Gasteiger partial charge in [-0.1, -0.05) is 30.9 Å². The second-order valence-electron chi connectivity index (χ2n) is 5.24. The van der Waals surface area contributed by atoms with E-state index in [1.807, 2.05) is 0 Å². The molecule has 1 saturated carbocycles. The number of benzene rings is 1. The van der Waals surface area contributed by atoms with E-state index in [0.29, 0.717) is 12.5 Å². The normalized spacial score (nSPS) is 15.6. The van der Waals surface area contributed by atoms with Crippen LogP contribution in [0.1, 0.15) is 41.6 Å². The molecule has 0 aliphatic heterocycles. The molecule has 21 heavy (non-hydrogen) atoms. The van der Waals surface area contributed by atoms with E-state index in [-0.39, 0.29) is 21.0 Å². The summed E-state index contributed by atoms with van der Waals surface area (Å²) in [4.78, 5) is 11.9. The number of ether oxygens (including phenoxy) is 1. The molecular weight excluding hydrogens is 335 g/mol. The summed E-state index contributed by atoms with van der Waals surface area (Å²) in [6.07, 6.45) is 4.44. The summed E-state index contributed by atoms with van der Waals surface area (Å²) in [6, 6.07) is 2.62. The fraction of sp³-hybridized carbons (Fsp3) is 0.500. The van der Waals surface area contributed by atoms with Crippen LogP contribution in [0.4, 0.5) is 0 Å². The molecule has 2 rings (SSSR count). The van der Waals surface area contributed by atoms with Gasteiger partial charge in [0.2, 0.25) is 0 Å². The molecule has 0 N–H and O–H groups in total. The topological polar surface area (TPSA) is 60.4 Å². The average molecular weight is 351 g/mol. The first kappa shape index (κ1) is 16.6. The van der Waals surface area contributed by atoms with E-state index in [0.717, 1.165) is 6.42 Å². The fourth-order valence-corrected chi connectivity index (χ4v) is 3.80. The number of carbonyl (C=O) groups excluding carboxylic acids is 1. The van der Waals surface area contributed by atoms with Crippen LogP contribution in [0, 0.1) is 12.8 Å². The number of esters is 1. The minimum Gasteiger partial charge on any atom is -0.462 e. The number of hydrogen-bond donors (Lipinski definition) is 0. The zero-order valence-corrected chi connectivity index (χ0v) is 13.9. The molecule has 1 aliphatic rings. The third-order valence-corrected chi connectivity index (χ3v) is 5.46. The zero-order chi connectivity index (χ0) is 15.6. The molecule has 0 atom stereocenters. The first-order chi connectivity index (χ1) is 9.79.